The number of methoxy groups -OCH3 is 2. The van der Waals surface area contributed by atoms with Crippen LogP contribution in [0.1, 0.15) is 29.8 Å². The smallest absolute Gasteiger partial charge is 0.261 e. The molecule has 0 heterocycles. The Morgan fingerprint density at radius 2 is 1.60 bits per heavy atom. The van der Waals surface area contributed by atoms with E-state index in [0.29, 0.717) is 17.1 Å². The molecule has 7 heteroatoms. The monoisotopic (exact) mass is 574 g/mol. The summed E-state index contributed by atoms with van der Waals surface area (Å²) in [5, 5.41) is 0. The van der Waals surface area contributed by atoms with Crippen LogP contribution in [0.25, 0.3) is 0 Å². The van der Waals surface area contributed by atoms with E-state index in [0.717, 1.165) is 30.3 Å². The number of carbonyl (C=O) groups excluding carboxylic acids is 1. The van der Waals surface area contributed by atoms with E-state index in [1.165, 1.54) is 33.6 Å². The summed E-state index contributed by atoms with van der Waals surface area (Å²) in [4.78, 5) is 17.4. The fourth-order valence-electron chi connectivity index (χ4n) is 3.76. The molecule has 0 aliphatic heterocycles. The zero-order chi connectivity index (χ0) is 28.7. The maximum Gasteiger partial charge on any atom is 0.261 e. The van der Waals surface area contributed by atoms with E-state index in [2.05, 4.69) is 78.6 Å². The maximum atomic E-state index is 12.7. The van der Waals surface area contributed by atoms with E-state index in [4.69, 9.17) is 9.47 Å². The molecular formula is C33H38N2O3S2. The summed E-state index contributed by atoms with van der Waals surface area (Å²) in [6.07, 6.45) is 6.23. The molecule has 0 fully saturated rings. The van der Waals surface area contributed by atoms with Gasteiger partial charge in [0.2, 0.25) is 0 Å². The van der Waals surface area contributed by atoms with Gasteiger partial charge in [-0.15, -0.1) is 11.8 Å². The molecule has 0 aliphatic carbocycles. The third kappa shape index (κ3) is 10.6. The Balaban J connectivity index is 1.63. The number of rotatable bonds is 15. The summed E-state index contributed by atoms with van der Waals surface area (Å²) in [7, 11) is 3.13. The Morgan fingerprint density at radius 3 is 2.20 bits per heavy atom. The zero-order valence-electron chi connectivity index (χ0n) is 23.7. The molecule has 0 atom stereocenters. The van der Waals surface area contributed by atoms with Crippen LogP contribution in [0, 0.1) is 0 Å². The summed E-state index contributed by atoms with van der Waals surface area (Å²) >= 11 is 3.15. The predicted molar refractivity (Wildman–Crippen MR) is 169 cm³/mol. The average Bonchev–Trinajstić information content (AvgIpc) is 2.98. The van der Waals surface area contributed by atoms with Gasteiger partial charge in [0.1, 0.15) is 11.5 Å². The largest absolute Gasteiger partial charge is 0.497 e. The lowest BCUT2D eigenvalue weighted by Gasteiger charge is -2.23. The van der Waals surface area contributed by atoms with Gasteiger partial charge in [-0.2, -0.15) is 0 Å². The van der Waals surface area contributed by atoms with Gasteiger partial charge in [0.25, 0.3) is 5.91 Å². The van der Waals surface area contributed by atoms with Crippen molar-refractivity contribution in [1.29, 1.82) is 0 Å². The van der Waals surface area contributed by atoms with Gasteiger partial charge in [-0.25, -0.2) is 0 Å². The van der Waals surface area contributed by atoms with E-state index in [9.17, 15) is 4.79 Å². The first kappa shape index (κ1) is 31.1. The molecule has 1 N–H and O–H groups in total. The fourth-order valence-corrected chi connectivity index (χ4v) is 5.30. The second-order valence-corrected chi connectivity index (χ2v) is 11.4. The number of thioether (sulfide) groups is 1. The second-order valence-electron chi connectivity index (χ2n) is 9.34. The Kier molecular flexibility index (Phi) is 13.0. The summed E-state index contributed by atoms with van der Waals surface area (Å²) in [6, 6.07) is 23.9. The lowest BCUT2D eigenvalue weighted by atomic mass is 10.1. The van der Waals surface area contributed by atoms with Gasteiger partial charge in [0, 0.05) is 46.8 Å². The number of hydrogen-bond donors (Lipinski definition) is 1. The number of carbonyl (C=O) groups is 1. The summed E-state index contributed by atoms with van der Waals surface area (Å²) < 4.78 is 13.5. The van der Waals surface area contributed by atoms with Gasteiger partial charge >= 0.3 is 0 Å². The third-order valence-electron chi connectivity index (χ3n) is 5.92. The molecule has 0 radical (unpaired) electrons. The highest BCUT2D eigenvalue weighted by Gasteiger charge is 2.12. The van der Waals surface area contributed by atoms with Gasteiger partial charge in [-0.3, -0.25) is 14.4 Å². The van der Waals surface area contributed by atoms with Crippen LogP contribution in [-0.2, 0) is 6.54 Å². The zero-order valence-corrected chi connectivity index (χ0v) is 25.3. The molecule has 5 nitrogen and oxygen atoms in total. The maximum absolute atomic E-state index is 12.7. The molecule has 0 aromatic heterocycles. The molecule has 40 heavy (non-hydrogen) atoms. The normalized spacial score (nSPS) is 11.2. The molecule has 0 unspecified atom stereocenters. The number of amides is 1. The number of benzene rings is 3. The molecule has 3 rings (SSSR count). The van der Waals surface area contributed by atoms with Crippen LogP contribution in [0.3, 0.4) is 0 Å². The van der Waals surface area contributed by atoms with E-state index >= 15 is 0 Å². The quantitative estimate of drug-likeness (QED) is 0.113. The molecule has 1 amide bonds. The van der Waals surface area contributed by atoms with Gasteiger partial charge < -0.3 is 9.47 Å². The Hall–Kier alpha value is -3.39. The molecule has 210 valence electrons. The highest BCUT2D eigenvalue weighted by Crippen LogP contribution is 2.24. The minimum atomic E-state index is -0.214. The number of nitrogens with zero attached hydrogens (tertiary/aromatic N) is 1. The molecule has 0 bridgehead atoms. The first-order valence-corrected chi connectivity index (χ1v) is 14.9. The van der Waals surface area contributed by atoms with Gasteiger partial charge in [0.05, 0.1) is 14.2 Å². The molecule has 0 saturated carbocycles. The summed E-state index contributed by atoms with van der Waals surface area (Å²) in [5.74, 6) is 1.92. The summed E-state index contributed by atoms with van der Waals surface area (Å²) in [6.45, 7) is 10.8. The lowest BCUT2D eigenvalue weighted by molar-refractivity contribution is 0.0983. The number of nitrogens with one attached hydrogen (secondary N) is 1. The second kappa shape index (κ2) is 16.7. The molecule has 0 saturated heterocycles. The van der Waals surface area contributed by atoms with Crippen LogP contribution >= 0.6 is 23.7 Å². The van der Waals surface area contributed by atoms with Crippen LogP contribution in [0.2, 0.25) is 0 Å². The average molecular weight is 575 g/mol. The van der Waals surface area contributed by atoms with Crippen molar-refractivity contribution in [3.8, 4) is 11.5 Å². The van der Waals surface area contributed by atoms with Crippen molar-refractivity contribution < 1.29 is 14.3 Å². The van der Waals surface area contributed by atoms with Crippen molar-refractivity contribution in [3.05, 3.63) is 120 Å². The topological polar surface area (TPSA) is 50.8 Å². The molecular weight excluding hydrogens is 537 g/mol. The lowest BCUT2D eigenvalue weighted by Crippen LogP contribution is -2.27. The molecule has 3 aromatic carbocycles. The molecule has 0 spiro atoms. The van der Waals surface area contributed by atoms with Gasteiger partial charge in [0.15, 0.2) is 0 Å². The fraction of sp³-hybridized carbons (Fsp3) is 0.242. The van der Waals surface area contributed by atoms with Gasteiger partial charge in [-0.05, 0) is 73.3 Å². The minimum absolute atomic E-state index is 0.214. The van der Waals surface area contributed by atoms with Crippen molar-refractivity contribution in [1.82, 2.24) is 9.62 Å². The highest BCUT2D eigenvalue weighted by atomic mass is 32.2. The van der Waals surface area contributed by atoms with Gasteiger partial charge in [-0.1, -0.05) is 60.7 Å². The first-order chi connectivity index (χ1) is 19.4. The van der Waals surface area contributed by atoms with Crippen LogP contribution in [0.4, 0.5) is 0 Å². The number of hydrogen-bond acceptors (Lipinski definition) is 6. The van der Waals surface area contributed by atoms with Crippen molar-refractivity contribution in [2.24, 2.45) is 0 Å². The molecule has 0 aliphatic rings. The van der Waals surface area contributed by atoms with E-state index in [1.54, 1.807) is 32.4 Å². The van der Waals surface area contributed by atoms with Crippen LogP contribution < -0.4 is 14.2 Å². The Morgan fingerprint density at radius 1 is 0.925 bits per heavy atom. The van der Waals surface area contributed by atoms with E-state index in [1.807, 2.05) is 36.0 Å². The van der Waals surface area contributed by atoms with Crippen LogP contribution in [0.15, 0.2) is 119 Å². The SMILES string of the molecule is C=C/C(=C\C=C(C)C)CN(CCSc1ccccc1)Cc1ccc(SNC(=O)c2cc(OC)cc(OC)c2)cc1. The predicted octanol–water partition coefficient (Wildman–Crippen LogP) is 7.81. The van der Waals surface area contributed by atoms with Crippen molar-refractivity contribution >= 4 is 29.6 Å². The number of ether oxygens (including phenoxy) is 2. The standard InChI is InChI=1S/C33H38N2O3S2/c1-6-26(13-12-25(2)3)23-35(18-19-39-31-10-8-7-9-11-31)24-27-14-16-32(17-15-27)40-34-33(36)28-20-29(37-4)22-30(21-28)38-5/h6-17,20-22H,1,18-19,23-24H2,2-5H3,(H,34,36)/b26-13+. The Labute approximate surface area is 247 Å². The summed E-state index contributed by atoms with van der Waals surface area (Å²) in [5.41, 5.74) is 4.14. The highest BCUT2D eigenvalue weighted by molar-refractivity contribution is 7.99. The van der Waals surface area contributed by atoms with Crippen LogP contribution in [-0.4, -0.2) is 43.9 Å². The van der Waals surface area contributed by atoms with Crippen molar-refractivity contribution in [2.75, 3.05) is 33.1 Å². The van der Waals surface area contributed by atoms with Crippen LogP contribution in [0.5, 0.6) is 11.5 Å². The number of allylic oxidation sites excluding steroid dienone is 3. The Bertz CT molecular complexity index is 1280. The van der Waals surface area contributed by atoms with E-state index < -0.39 is 0 Å². The minimum Gasteiger partial charge on any atom is -0.497 e. The van der Waals surface area contributed by atoms with E-state index in [-0.39, 0.29) is 5.91 Å². The third-order valence-corrected chi connectivity index (χ3v) is 7.71. The first-order valence-electron chi connectivity index (χ1n) is 13.1. The van der Waals surface area contributed by atoms with Crippen molar-refractivity contribution in [2.45, 2.75) is 30.2 Å². The van der Waals surface area contributed by atoms with Crippen molar-refractivity contribution in [3.63, 3.8) is 0 Å². The molecule has 3 aromatic rings.